The lowest BCUT2D eigenvalue weighted by molar-refractivity contribution is -0.145. The summed E-state index contributed by atoms with van der Waals surface area (Å²) >= 11 is 0. The van der Waals surface area contributed by atoms with Gasteiger partial charge in [-0.1, -0.05) is 17.7 Å². The number of carbonyl (C=O) groups excluding carboxylic acids is 1. The number of hydrogen-bond donors (Lipinski definition) is 0. The van der Waals surface area contributed by atoms with Crippen LogP contribution < -0.4 is 4.90 Å². The molecule has 0 spiro atoms. The molecule has 0 saturated carbocycles. The first kappa shape index (κ1) is 13.9. The fourth-order valence-electron chi connectivity index (χ4n) is 2.83. The number of aryl methyl sites for hydroxylation is 2. The van der Waals surface area contributed by atoms with Crippen molar-refractivity contribution in [3.05, 3.63) is 29.3 Å². The molecule has 1 aliphatic rings. The van der Waals surface area contributed by atoms with E-state index in [0.29, 0.717) is 0 Å². The first-order valence-corrected chi connectivity index (χ1v) is 6.98. The Morgan fingerprint density at radius 1 is 1.37 bits per heavy atom. The summed E-state index contributed by atoms with van der Waals surface area (Å²) in [6.45, 7) is 7.19. The molecule has 0 bridgehead atoms. The zero-order chi connectivity index (χ0) is 14.0. The normalized spacial score (nSPS) is 17.6. The van der Waals surface area contributed by atoms with Gasteiger partial charge in [0.15, 0.2) is 0 Å². The minimum atomic E-state index is -0.133. The van der Waals surface area contributed by atoms with Gasteiger partial charge in [0, 0.05) is 18.3 Å². The van der Waals surface area contributed by atoms with Crippen molar-refractivity contribution >= 4 is 11.7 Å². The summed E-state index contributed by atoms with van der Waals surface area (Å²) in [6.07, 6.45) is 2.28. The van der Waals surface area contributed by atoms with Gasteiger partial charge < -0.3 is 9.64 Å². The number of hydrogen-bond acceptors (Lipinski definition) is 3. The zero-order valence-corrected chi connectivity index (χ0v) is 12.3. The Balaban J connectivity index is 2.25. The molecule has 104 valence electrons. The van der Waals surface area contributed by atoms with E-state index in [-0.39, 0.29) is 17.9 Å². The van der Waals surface area contributed by atoms with Crippen LogP contribution in [-0.2, 0) is 16.0 Å². The molecule has 2 atom stereocenters. The largest absolute Gasteiger partial charge is 0.469 e. The Kier molecular flexibility index (Phi) is 4.13. The molecule has 1 aromatic carbocycles. The SMILES string of the molecule is COC(=O)C(C)C(C)N1CCCc2cc(C)ccc21. The monoisotopic (exact) mass is 261 g/mol. The molecule has 1 aromatic rings. The van der Waals surface area contributed by atoms with Crippen LogP contribution in [0.5, 0.6) is 0 Å². The molecule has 0 saturated heterocycles. The van der Waals surface area contributed by atoms with Crippen LogP contribution in [0.15, 0.2) is 18.2 Å². The molecule has 0 amide bonds. The molecule has 3 nitrogen and oxygen atoms in total. The maximum atomic E-state index is 11.7. The smallest absolute Gasteiger partial charge is 0.310 e. The van der Waals surface area contributed by atoms with Crippen molar-refractivity contribution in [2.45, 2.75) is 39.7 Å². The summed E-state index contributed by atoms with van der Waals surface area (Å²) in [4.78, 5) is 14.1. The third-order valence-corrected chi connectivity index (χ3v) is 4.18. The average Bonchev–Trinajstić information content (AvgIpc) is 2.43. The van der Waals surface area contributed by atoms with E-state index < -0.39 is 0 Å². The maximum Gasteiger partial charge on any atom is 0.310 e. The second kappa shape index (κ2) is 5.64. The lowest BCUT2D eigenvalue weighted by atomic mass is 9.94. The van der Waals surface area contributed by atoms with Crippen molar-refractivity contribution in [2.75, 3.05) is 18.6 Å². The van der Waals surface area contributed by atoms with E-state index >= 15 is 0 Å². The molecule has 0 N–H and O–H groups in total. The van der Waals surface area contributed by atoms with Gasteiger partial charge >= 0.3 is 5.97 Å². The fraction of sp³-hybridized carbons (Fsp3) is 0.562. The summed E-state index contributed by atoms with van der Waals surface area (Å²) < 4.78 is 4.87. The standard InChI is InChI=1S/C16H23NO2/c1-11-7-8-15-14(10-11)6-5-9-17(15)13(3)12(2)16(18)19-4/h7-8,10,12-13H,5-6,9H2,1-4H3. The second-order valence-electron chi connectivity index (χ2n) is 5.48. The molecule has 0 radical (unpaired) electrons. The molecule has 2 unspecified atom stereocenters. The minimum absolute atomic E-state index is 0.114. The highest BCUT2D eigenvalue weighted by Gasteiger charge is 2.29. The average molecular weight is 261 g/mol. The number of rotatable bonds is 3. The van der Waals surface area contributed by atoms with E-state index in [4.69, 9.17) is 4.74 Å². The molecule has 1 heterocycles. The van der Waals surface area contributed by atoms with E-state index in [9.17, 15) is 4.79 Å². The topological polar surface area (TPSA) is 29.5 Å². The number of fused-ring (bicyclic) bond motifs is 1. The highest BCUT2D eigenvalue weighted by Crippen LogP contribution is 2.31. The summed E-state index contributed by atoms with van der Waals surface area (Å²) in [6, 6.07) is 6.75. The van der Waals surface area contributed by atoms with Gasteiger partial charge in [-0.25, -0.2) is 0 Å². The Morgan fingerprint density at radius 2 is 2.11 bits per heavy atom. The predicted octanol–water partition coefficient (Wildman–Crippen LogP) is 2.95. The molecule has 3 heteroatoms. The van der Waals surface area contributed by atoms with E-state index in [1.165, 1.54) is 23.9 Å². The van der Waals surface area contributed by atoms with Crippen LogP contribution in [-0.4, -0.2) is 25.7 Å². The van der Waals surface area contributed by atoms with Crippen molar-refractivity contribution in [1.29, 1.82) is 0 Å². The van der Waals surface area contributed by atoms with Gasteiger partial charge in [-0.15, -0.1) is 0 Å². The Hall–Kier alpha value is -1.51. The highest BCUT2D eigenvalue weighted by atomic mass is 16.5. The van der Waals surface area contributed by atoms with E-state index in [0.717, 1.165) is 19.4 Å². The zero-order valence-electron chi connectivity index (χ0n) is 12.3. The number of benzene rings is 1. The Labute approximate surface area is 115 Å². The van der Waals surface area contributed by atoms with Gasteiger partial charge in [0.05, 0.1) is 13.0 Å². The highest BCUT2D eigenvalue weighted by molar-refractivity contribution is 5.73. The number of methoxy groups -OCH3 is 1. The Bertz CT molecular complexity index is 470. The molecule has 19 heavy (non-hydrogen) atoms. The van der Waals surface area contributed by atoms with Gasteiger partial charge in [-0.3, -0.25) is 4.79 Å². The first-order valence-electron chi connectivity index (χ1n) is 6.98. The van der Waals surface area contributed by atoms with E-state index in [1.807, 2.05) is 6.92 Å². The van der Waals surface area contributed by atoms with Crippen LogP contribution in [0.4, 0.5) is 5.69 Å². The molecule has 1 aliphatic heterocycles. The van der Waals surface area contributed by atoms with Crippen molar-refractivity contribution in [3.8, 4) is 0 Å². The number of esters is 1. The number of anilines is 1. The number of ether oxygens (including phenoxy) is 1. The first-order chi connectivity index (χ1) is 9.04. The number of carbonyl (C=O) groups is 1. The van der Waals surface area contributed by atoms with Gasteiger partial charge in [0.1, 0.15) is 0 Å². The Morgan fingerprint density at radius 3 is 2.79 bits per heavy atom. The van der Waals surface area contributed by atoms with E-state index in [1.54, 1.807) is 0 Å². The third-order valence-electron chi connectivity index (χ3n) is 4.18. The van der Waals surface area contributed by atoms with Gasteiger partial charge in [-0.05, 0) is 45.2 Å². The molecule has 0 aromatic heterocycles. The van der Waals surface area contributed by atoms with Crippen molar-refractivity contribution in [2.24, 2.45) is 5.92 Å². The van der Waals surface area contributed by atoms with Crippen molar-refractivity contribution < 1.29 is 9.53 Å². The van der Waals surface area contributed by atoms with Gasteiger partial charge in [-0.2, -0.15) is 0 Å². The molecule has 0 aliphatic carbocycles. The van der Waals surface area contributed by atoms with Gasteiger partial charge in [0.2, 0.25) is 0 Å². The lowest BCUT2D eigenvalue weighted by Gasteiger charge is -2.38. The second-order valence-corrected chi connectivity index (χ2v) is 5.48. The van der Waals surface area contributed by atoms with Crippen LogP contribution in [0.25, 0.3) is 0 Å². The van der Waals surface area contributed by atoms with Crippen LogP contribution in [0, 0.1) is 12.8 Å². The number of nitrogens with zero attached hydrogens (tertiary/aromatic N) is 1. The molecular weight excluding hydrogens is 238 g/mol. The summed E-state index contributed by atoms with van der Waals surface area (Å²) in [7, 11) is 1.46. The fourth-order valence-corrected chi connectivity index (χ4v) is 2.83. The molecule has 0 fully saturated rings. The van der Waals surface area contributed by atoms with Crippen LogP contribution in [0.3, 0.4) is 0 Å². The van der Waals surface area contributed by atoms with Crippen molar-refractivity contribution in [1.82, 2.24) is 0 Å². The van der Waals surface area contributed by atoms with Crippen molar-refractivity contribution in [3.63, 3.8) is 0 Å². The third kappa shape index (κ3) is 2.75. The maximum absolute atomic E-state index is 11.7. The summed E-state index contributed by atoms with van der Waals surface area (Å²) in [5.74, 6) is -0.246. The predicted molar refractivity (Wildman–Crippen MR) is 77.5 cm³/mol. The van der Waals surface area contributed by atoms with Crippen LogP contribution >= 0.6 is 0 Å². The quantitative estimate of drug-likeness (QED) is 0.783. The molecule has 2 rings (SSSR count). The van der Waals surface area contributed by atoms with E-state index in [2.05, 4.69) is 36.9 Å². The summed E-state index contributed by atoms with van der Waals surface area (Å²) in [5.41, 5.74) is 3.98. The lowest BCUT2D eigenvalue weighted by Crippen LogP contribution is -2.43. The van der Waals surface area contributed by atoms with Crippen LogP contribution in [0.2, 0.25) is 0 Å². The van der Waals surface area contributed by atoms with Crippen LogP contribution in [0.1, 0.15) is 31.4 Å². The minimum Gasteiger partial charge on any atom is -0.469 e. The molecular formula is C16H23NO2. The van der Waals surface area contributed by atoms with Gasteiger partial charge in [0.25, 0.3) is 0 Å². The summed E-state index contributed by atoms with van der Waals surface area (Å²) in [5, 5.41) is 0.